The number of carbonyl (C=O) groups is 1. The van der Waals surface area contributed by atoms with E-state index in [1.807, 2.05) is 17.5 Å². The Bertz CT molecular complexity index is 664. The number of nitrogens with zero attached hydrogens (tertiary/aromatic N) is 3. The molecule has 2 aromatic heterocycles. The van der Waals surface area contributed by atoms with Gasteiger partial charge in [0.15, 0.2) is 0 Å². The van der Waals surface area contributed by atoms with Crippen LogP contribution in [-0.2, 0) is 0 Å². The number of nitrogens with one attached hydrogen (secondary N) is 2. The Morgan fingerprint density at radius 3 is 3.12 bits per heavy atom. The van der Waals surface area contributed by atoms with Crippen LogP contribution in [0.25, 0.3) is 0 Å². The standard InChI is InChI=1S/C16H21N5O2S/c22-10-12-3-1-7-21(12)15-9-14(19-11-20-15)17-5-6-18-16(23)13-4-2-8-24-13/h2,4,8-9,11-12,22H,1,3,5-7,10H2,(H,18,23)(H,17,19,20)/t12-/m1/s1. The number of rotatable bonds is 7. The second-order valence-corrected chi connectivity index (χ2v) is 6.54. The first-order chi connectivity index (χ1) is 11.8. The summed E-state index contributed by atoms with van der Waals surface area (Å²) in [5, 5.41) is 17.4. The molecule has 1 aliphatic heterocycles. The summed E-state index contributed by atoms with van der Waals surface area (Å²) < 4.78 is 0. The van der Waals surface area contributed by atoms with Crippen molar-refractivity contribution in [3.05, 3.63) is 34.8 Å². The Hall–Kier alpha value is -2.19. The maximum atomic E-state index is 11.8. The van der Waals surface area contributed by atoms with Crippen molar-refractivity contribution in [2.75, 3.05) is 36.5 Å². The molecule has 1 amide bonds. The van der Waals surface area contributed by atoms with Crippen molar-refractivity contribution in [2.24, 2.45) is 0 Å². The summed E-state index contributed by atoms with van der Waals surface area (Å²) in [6.45, 7) is 2.14. The average Bonchev–Trinajstić information content (AvgIpc) is 3.30. The largest absolute Gasteiger partial charge is 0.394 e. The van der Waals surface area contributed by atoms with Gasteiger partial charge in [0.1, 0.15) is 18.0 Å². The zero-order valence-corrected chi connectivity index (χ0v) is 14.1. The monoisotopic (exact) mass is 347 g/mol. The van der Waals surface area contributed by atoms with E-state index >= 15 is 0 Å². The van der Waals surface area contributed by atoms with Crippen LogP contribution in [0.15, 0.2) is 29.9 Å². The number of hydrogen-bond acceptors (Lipinski definition) is 7. The van der Waals surface area contributed by atoms with Gasteiger partial charge < -0.3 is 20.6 Å². The van der Waals surface area contributed by atoms with Gasteiger partial charge in [-0.2, -0.15) is 0 Å². The van der Waals surface area contributed by atoms with Gasteiger partial charge in [0.2, 0.25) is 0 Å². The summed E-state index contributed by atoms with van der Waals surface area (Å²) in [4.78, 5) is 23.2. The number of aromatic nitrogens is 2. The van der Waals surface area contributed by atoms with E-state index in [0.717, 1.165) is 25.2 Å². The van der Waals surface area contributed by atoms with Gasteiger partial charge in [0.25, 0.3) is 5.91 Å². The van der Waals surface area contributed by atoms with Crippen LogP contribution < -0.4 is 15.5 Å². The molecule has 8 heteroatoms. The van der Waals surface area contributed by atoms with E-state index in [-0.39, 0.29) is 18.6 Å². The highest BCUT2D eigenvalue weighted by atomic mass is 32.1. The Labute approximate surface area is 144 Å². The van der Waals surface area contributed by atoms with E-state index < -0.39 is 0 Å². The van der Waals surface area contributed by atoms with Crippen molar-refractivity contribution < 1.29 is 9.90 Å². The lowest BCUT2D eigenvalue weighted by Crippen LogP contribution is -2.33. The molecule has 0 aromatic carbocycles. The predicted molar refractivity (Wildman–Crippen MR) is 94.6 cm³/mol. The first-order valence-corrected chi connectivity index (χ1v) is 8.91. The van der Waals surface area contributed by atoms with E-state index in [4.69, 9.17) is 0 Å². The van der Waals surface area contributed by atoms with Gasteiger partial charge in [0, 0.05) is 25.7 Å². The fraction of sp³-hybridized carbons (Fsp3) is 0.438. The highest BCUT2D eigenvalue weighted by molar-refractivity contribution is 7.12. The summed E-state index contributed by atoms with van der Waals surface area (Å²) in [6, 6.07) is 5.68. The Balaban J connectivity index is 1.49. The summed E-state index contributed by atoms with van der Waals surface area (Å²) in [5.41, 5.74) is 0. The van der Waals surface area contributed by atoms with Crippen molar-refractivity contribution in [3.63, 3.8) is 0 Å². The van der Waals surface area contributed by atoms with Crippen molar-refractivity contribution in [1.29, 1.82) is 0 Å². The van der Waals surface area contributed by atoms with Gasteiger partial charge in [-0.25, -0.2) is 9.97 Å². The van der Waals surface area contributed by atoms with Gasteiger partial charge in [-0.15, -0.1) is 11.3 Å². The minimum absolute atomic E-state index is 0.0574. The molecule has 2 aromatic rings. The molecule has 1 aliphatic rings. The molecule has 1 fully saturated rings. The lowest BCUT2D eigenvalue weighted by Gasteiger charge is -2.24. The molecule has 3 heterocycles. The number of hydrogen-bond donors (Lipinski definition) is 3. The van der Waals surface area contributed by atoms with Crippen LogP contribution in [0.3, 0.4) is 0 Å². The molecule has 0 radical (unpaired) electrons. The van der Waals surface area contributed by atoms with Crippen molar-refractivity contribution in [3.8, 4) is 0 Å². The predicted octanol–water partition coefficient (Wildman–Crippen LogP) is 1.34. The summed E-state index contributed by atoms with van der Waals surface area (Å²) in [6.07, 6.45) is 3.57. The van der Waals surface area contributed by atoms with Gasteiger partial charge in [-0.05, 0) is 24.3 Å². The van der Waals surface area contributed by atoms with Crippen LogP contribution in [0.2, 0.25) is 0 Å². The third-order valence-electron chi connectivity index (χ3n) is 4.00. The van der Waals surface area contributed by atoms with Gasteiger partial charge in [-0.3, -0.25) is 4.79 Å². The zero-order chi connectivity index (χ0) is 16.8. The van der Waals surface area contributed by atoms with Gasteiger partial charge in [0.05, 0.1) is 17.5 Å². The Morgan fingerprint density at radius 2 is 2.33 bits per heavy atom. The molecule has 1 saturated heterocycles. The number of amides is 1. The molecular weight excluding hydrogens is 326 g/mol. The SMILES string of the molecule is O=C(NCCNc1cc(N2CCC[C@@H]2CO)ncn1)c1cccs1. The van der Waals surface area contributed by atoms with E-state index in [9.17, 15) is 9.90 Å². The summed E-state index contributed by atoms with van der Waals surface area (Å²) >= 11 is 1.42. The number of anilines is 2. The Morgan fingerprint density at radius 1 is 1.42 bits per heavy atom. The molecule has 0 spiro atoms. The molecule has 3 N–H and O–H groups in total. The fourth-order valence-electron chi connectivity index (χ4n) is 2.79. The first kappa shape index (κ1) is 16.7. The summed E-state index contributed by atoms with van der Waals surface area (Å²) in [5.74, 6) is 1.48. The third-order valence-corrected chi connectivity index (χ3v) is 4.87. The van der Waals surface area contributed by atoms with Crippen molar-refractivity contribution in [2.45, 2.75) is 18.9 Å². The van der Waals surface area contributed by atoms with Crippen LogP contribution in [0, 0.1) is 0 Å². The molecular formula is C16H21N5O2S. The number of aliphatic hydroxyl groups is 1. The van der Waals surface area contributed by atoms with Gasteiger partial charge in [-0.1, -0.05) is 6.07 Å². The molecule has 3 rings (SSSR count). The van der Waals surface area contributed by atoms with Crippen LogP contribution in [0.4, 0.5) is 11.6 Å². The van der Waals surface area contributed by atoms with Crippen LogP contribution in [-0.4, -0.2) is 53.3 Å². The molecule has 1 atom stereocenters. The zero-order valence-electron chi connectivity index (χ0n) is 13.3. The second kappa shape index (κ2) is 8.07. The topological polar surface area (TPSA) is 90.4 Å². The van der Waals surface area contributed by atoms with E-state index in [2.05, 4.69) is 25.5 Å². The first-order valence-electron chi connectivity index (χ1n) is 8.03. The normalized spacial score (nSPS) is 17.0. The number of aliphatic hydroxyl groups excluding tert-OH is 1. The quantitative estimate of drug-likeness (QED) is 0.655. The maximum Gasteiger partial charge on any atom is 0.261 e. The van der Waals surface area contributed by atoms with Gasteiger partial charge >= 0.3 is 0 Å². The molecule has 0 aliphatic carbocycles. The number of carbonyl (C=O) groups excluding carboxylic acids is 1. The molecule has 24 heavy (non-hydrogen) atoms. The minimum atomic E-state index is -0.0574. The van der Waals surface area contributed by atoms with E-state index in [0.29, 0.717) is 23.8 Å². The van der Waals surface area contributed by atoms with Crippen LogP contribution in [0.5, 0.6) is 0 Å². The maximum absolute atomic E-state index is 11.8. The molecule has 0 saturated carbocycles. The lowest BCUT2D eigenvalue weighted by atomic mass is 10.2. The molecule has 7 nitrogen and oxygen atoms in total. The van der Waals surface area contributed by atoms with Crippen LogP contribution >= 0.6 is 11.3 Å². The van der Waals surface area contributed by atoms with E-state index in [1.165, 1.54) is 17.7 Å². The molecule has 128 valence electrons. The fourth-order valence-corrected chi connectivity index (χ4v) is 3.43. The Kier molecular flexibility index (Phi) is 5.60. The molecule has 0 unspecified atom stereocenters. The van der Waals surface area contributed by atoms with Crippen LogP contribution in [0.1, 0.15) is 22.5 Å². The van der Waals surface area contributed by atoms with Crippen molar-refractivity contribution >= 4 is 28.9 Å². The lowest BCUT2D eigenvalue weighted by molar-refractivity contribution is 0.0959. The summed E-state index contributed by atoms with van der Waals surface area (Å²) in [7, 11) is 0. The smallest absolute Gasteiger partial charge is 0.261 e. The highest BCUT2D eigenvalue weighted by Gasteiger charge is 2.25. The third kappa shape index (κ3) is 4.01. The minimum Gasteiger partial charge on any atom is -0.394 e. The second-order valence-electron chi connectivity index (χ2n) is 5.59. The molecule has 0 bridgehead atoms. The van der Waals surface area contributed by atoms with E-state index in [1.54, 1.807) is 6.07 Å². The highest BCUT2D eigenvalue weighted by Crippen LogP contribution is 2.24. The van der Waals surface area contributed by atoms with Crippen molar-refractivity contribution in [1.82, 2.24) is 15.3 Å². The average molecular weight is 347 g/mol. The number of thiophene rings is 1.